The number of nitrogens with zero attached hydrogens (tertiary/aromatic N) is 2. The van der Waals surface area contributed by atoms with Crippen LogP contribution < -0.4 is 11.1 Å². The summed E-state index contributed by atoms with van der Waals surface area (Å²) in [5, 5.41) is 7.12. The SMILES string of the molecule is Cc1cc(C)n(CC(=O)Nc2cccc(N)c2C)n1. The average molecular weight is 258 g/mol. The monoisotopic (exact) mass is 258 g/mol. The number of aryl methyl sites for hydroxylation is 2. The molecule has 0 saturated carbocycles. The van der Waals surface area contributed by atoms with Crippen LogP contribution in [0.25, 0.3) is 0 Å². The topological polar surface area (TPSA) is 72.9 Å². The molecule has 5 nitrogen and oxygen atoms in total. The van der Waals surface area contributed by atoms with Crippen LogP contribution in [0.5, 0.6) is 0 Å². The smallest absolute Gasteiger partial charge is 0.246 e. The lowest BCUT2D eigenvalue weighted by molar-refractivity contribution is -0.116. The van der Waals surface area contributed by atoms with Crippen molar-refractivity contribution in [2.45, 2.75) is 27.3 Å². The lowest BCUT2D eigenvalue weighted by Gasteiger charge is -2.10. The maximum Gasteiger partial charge on any atom is 0.246 e. The van der Waals surface area contributed by atoms with Gasteiger partial charge in [-0.3, -0.25) is 9.48 Å². The molecule has 1 aromatic carbocycles. The Bertz CT molecular complexity index is 616. The van der Waals surface area contributed by atoms with Crippen LogP contribution in [0.4, 0.5) is 11.4 Å². The second-order valence-electron chi connectivity index (χ2n) is 4.65. The minimum atomic E-state index is -0.111. The number of carbonyl (C=O) groups is 1. The highest BCUT2D eigenvalue weighted by atomic mass is 16.2. The number of amides is 1. The van der Waals surface area contributed by atoms with Gasteiger partial charge in [0.2, 0.25) is 5.91 Å². The zero-order valence-electron chi connectivity index (χ0n) is 11.4. The second-order valence-corrected chi connectivity index (χ2v) is 4.65. The maximum absolute atomic E-state index is 12.0. The first kappa shape index (κ1) is 13.1. The van der Waals surface area contributed by atoms with Gasteiger partial charge in [-0.2, -0.15) is 5.10 Å². The Hall–Kier alpha value is -2.30. The number of benzene rings is 1. The summed E-state index contributed by atoms with van der Waals surface area (Å²) in [4.78, 5) is 12.0. The number of rotatable bonds is 3. The standard InChI is InChI=1S/C14H18N4O/c1-9-7-10(2)18(17-9)8-14(19)16-13-6-4-5-12(15)11(13)3/h4-7H,8,15H2,1-3H3,(H,16,19). The Morgan fingerprint density at radius 1 is 1.37 bits per heavy atom. The van der Waals surface area contributed by atoms with Gasteiger partial charge in [-0.1, -0.05) is 6.07 Å². The lowest BCUT2D eigenvalue weighted by atomic mass is 10.1. The fourth-order valence-electron chi connectivity index (χ4n) is 1.95. The van der Waals surface area contributed by atoms with Crippen molar-refractivity contribution in [3.05, 3.63) is 41.2 Å². The molecule has 100 valence electrons. The molecule has 2 rings (SSSR count). The molecule has 2 aromatic rings. The molecule has 0 aliphatic rings. The van der Waals surface area contributed by atoms with Crippen molar-refractivity contribution in [2.24, 2.45) is 0 Å². The molecule has 5 heteroatoms. The van der Waals surface area contributed by atoms with E-state index in [9.17, 15) is 4.79 Å². The predicted octanol–water partition coefficient (Wildman–Crippen LogP) is 2.03. The largest absolute Gasteiger partial charge is 0.398 e. The maximum atomic E-state index is 12.0. The molecule has 0 aliphatic heterocycles. The van der Waals surface area contributed by atoms with Crippen molar-refractivity contribution in [2.75, 3.05) is 11.1 Å². The minimum Gasteiger partial charge on any atom is -0.398 e. The molecular weight excluding hydrogens is 240 g/mol. The summed E-state index contributed by atoms with van der Waals surface area (Å²) in [6, 6.07) is 7.41. The third kappa shape index (κ3) is 2.93. The van der Waals surface area contributed by atoms with E-state index in [1.807, 2.05) is 45.0 Å². The lowest BCUT2D eigenvalue weighted by Crippen LogP contribution is -2.20. The number of carbonyl (C=O) groups excluding carboxylic acids is 1. The molecule has 3 N–H and O–H groups in total. The van der Waals surface area contributed by atoms with Gasteiger partial charge in [0.15, 0.2) is 0 Å². The molecule has 1 heterocycles. The van der Waals surface area contributed by atoms with E-state index in [0.717, 1.165) is 22.6 Å². The molecule has 1 aromatic heterocycles. The van der Waals surface area contributed by atoms with Crippen LogP contribution in [-0.2, 0) is 11.3 Å². The second kappa shape index (κ2) is 5.14. The number of nitrogen functional groups attached to an aromatic ring is 1. The highest BCUT2D eigenvalue weighted by Crippen LogP contribution is 2.20. The van der Waals surface area contributed by atoms with Crippen molar-refractivity contribution in [1.82, 2.24) is 9.78 Å². The van der Waals surface area contributed by atoms with E-state index >= 15 is 0 Å². The van der Waals surface area contributed by atoms with Crippen molar-refractivity contribution in [3.63, 3.8) is 0 Å². The highest BCUT2D eigenvalue weighted by molar-refractivity contribution is 5.92. The summed E-state index contributed by atoms with van der Waals surface area (Å²) in [5.41, 5.74) is 9.98. The Morgan fingerprint density at radius 3 is 2.74 bits per heavy atom. The number of nitrogens with two attached hydrogens (primary N) is 1. The van der Waals surface area contributed by atoms with Crippen LogP contribution in [0, 0.1) is 20.8 Å². The minimum absolute atomic E-state index is 0.111. The first-order valence-corrected chi connectivity index (χ1v) is 6.13. The van der Waals surface area contributed by atoms with E-state index < -0.39 is 0 Å². The molecule has 0 spiro atoms. The van der Waals surface area contributed by atoms with Gasteiger partial charge in [0, 0.05) is 17.1 Å². The highest BCUT2D eigenvalue weighted by Gasteiger charge is 2.09. The zero-order chi connectivity index (χ0) is 14.0. The number of aromatic nitrogens is 2. The van der Waals surface area contributed by atoms with Gasteiger partial charge in [0.25, 0.3) is 0 Å². The van der Waals surface area contributed by atoms with Gasteiger partial charge >= 0.3 is 0 Å². The first-order chi connectivity index (χ1) is 8.97. The van der Waals surface area contributed by atoms with Gasteiger partial charge in [-0.15, -0.1) is 0 Å². The predicted molar refractivity (Wildman–Crippen MR) is 75.9 cm³/mol. The van der Waals surface area contributed by atoms with Crippen LogP contribution in [0.3, 0.4) is 0 Å². The molecule has 0 aliphatic carbocycles. The number of hydrogen-bond acceptors (Lipinski definition) is 3. The van der Waals surface area contributed by atoms with Gasteiger partial charge in [0.05, 0.1) is 5.69 Å². The first-order valence-electron chi connectivity index (χ1n) is 6.13. The fourth-order valence-corrected chi connectivity index (χ4v) is 1.95. The zero-order valence-corrected chi connectivity index (χ0v) is 11.4. The van der Waals surface area contributed by atoms with Crippen molar-refractivity contribution < 1.29 is 4.79 Å². The van der Waals surface area contributed by atoms with Crippen LogP contribution in [-0.4, -0.2) is 15.7 Å². The Labute approximate surface area is 112 Å². The fraction of sp³-hybridized carbons (Fsp3) is 0.286. The van der Waals surface area contributed by atoms with Gasteiger partial charge < -0.3 is 11.1 Å². The third-order valence-corrected chi connectivity index (χ3v) is 3.05. The molecule has 0 radical (unpaired) electrons. The van der Waals surface area contributed by atoms with E-state index in [1.54, 1.807) is 4.68 Å². The third-order valence-electron chi connectivity index (χ3n) is 3.05. The van der Waals surface area contributed by atoms with Crippen molar-refractivity contribution in [3.8, 4) is 0 Å². The molecule has 0 atom stereocenters. The summed E-state index contributed by atoms with van der Waals surface area (Å²) < 4.78 is 1.69. The Morgan fingerprint density at radius 2 is 2.11 bits per heavy atom. The summed E-state index contributed by atoms with van der Waals surface area (Å²) in [6.07, 6.45) is 0. The van der Waals surface area contributed by atoms with E-state index in [1.165, 1.54) is 0 Å². The number of anilines is 2. The van der Waals surface area contributed by atoms with E-state index in [0.29, 0.717) is 5.69 Å². The molecule has 0 unspecified atom stereocenters. The molecular formula is C14H18N4O. The quantitative estimate of drug-likeness (QED) is 0.827. The summed E-state index contributed by atoms with van der Waals surface area (Å²) in [7, 11) is 0. The molecule has 19 heavy (non-hydrogen) atoms. The summed E-state index contributed by atoms with van der Waals surface area (Å²) >= 11 is 0. The van der Waals surface area contributed by atoms with Crippen LogP contribution in [0.2, 0.25) is 0 Å². The van der Waals surface area contributed by atoms with E-state index in [2.05, 4.69) is 10.4 Å². The summed E-state index contributed by atoms with van der Waals surface area (Å²) in [6.45, 7) is 5.92. The molecule has 0 bridgehead atoms. The van der Waals surface area contributed by atoms with Crippen LogP contribution >= 0.6 is 0 Å². The van der Waals surface area contributed by atoms with E-state index in [-0.39, 0.29) is 12.5 Å². The van der Waals surface area contributed by atoms with Crippen LogP contribution in [0.15, 0.2) is 24.3 Å². The normalized spacial score (nSPS) is 10.5. The average Bonchev–Trinajstić information content (AvgIpc) is 2.64. The van der Waals surface area contributed by atoms with Gasteiger partial charge in [-0.25, -0.2) is 0 Å². The molecule has 1 amide bonds. The summed E-state index contributed by atoms with van der Waals surface area (Å²) in [5.74, 6) is -0.111. The van der Waals surface area contributed by atoms with Crippen molar-refractivity contribution in [1.29, 1.82) is 0 Å². The van der Waals surface area contributed by atoms with Crippen LogP contribution in [0.1, 0.15) is 17.0 Å². The van der Waals surface area contributed by atoms with E-state index in [4.69, 9.17) is 5.73 Å². The molecule has 0 fully saturated rings. The Balaban J connectivity index is 2.10. The van der Waals surface area contributed by atoms with Gasteiger partial charge in [-0.05, 0) is 44.5 Å². The Kier molecular flexibility index (Phi) is 3.55. The number of hydrogen-bond donors (Lipinski definition) is 2. The number of nitrogens with one attached hydrogen (secondary N) is 1. The van der Waals surface area contributed by atoms with Gasteiger partial charge in [0.1, 0.15) is 6.54 Å². The molecule has 0 saturated heterocycles. The van der Waals surface area contributed by atoms with Crippen molar-refractivity contribution >= 4 is 17.3 Å².